The minimum atomic E-state index is -1.30. The molecule has 4 bridgehead atoms. The van der Waals surface area contributed by atoms with Crippen molar-refractivity contribution < 1.29 is 24.5 Å². The van der Waals surface area contributed by atoms with E-state index in [1.807, 2.05) is 24.3 Å². The SMILES string of the molecule is O=C(O)c1ccc(C#Cc2ccc(Oc3ccc(C4C5CC6CC(C5)CC4C6)cc3)cc2)cc1C(=O)O. The van der Waals surface area contributed by atoms with Crippen molar-refractivity contribution in [2.45, 2.75) is 38.0 Å². The van der Waals surface area contributed by atoms with Gasteiger partial charge in [0.25, 0.3) is 0 Å². The molecule has 5 heteroatoms. The molecule has 0 unspecified atom stereocenters. The monoisotopic (exact) mass is 492 g/mol. The van der Waals surface area contributed by atoms with Crippen molar-refractivity contribution in [1.82, 2.24) is 0 Å². The minimum Gasteiger partial charge on any atom is -0.478 e. The van der Waals surface area contributed by atoms with Crippen molar-refractivity contribution in [2.75, 3.05) is 0 Å². The van der Waals surface area contributed by atoms with Gasteiger partial charge in [-0.05, 0) is 122 Å². The van der Waals surface area contributed by atoms with Crippen molar-refractivity contribution in [1.29, 1.82) is 0 Å². The molecule has 0 aliphatic heterocycles. The third-order valence-electron chi connectivity index (χ3n) is 8.41. The molecule has 0 heterocycles. The topological polar surface area (TPSA) is 83.8 Å². The summed E-state index contributed by atoms with van der Waals surface area (Å²) in [7, 11) is 0. The summed E-state index contributed by atoms with van der Waals surface area (Å²) in [5.41, 5.74) is 2.10. The highest BCUT2D eigenvalue weighted by molar-refractivity contribution is 6.01. The number of benzene rings is 3. The summed E-state index contributed by atoms with van der Waals surface area (Å²) < 4.78 is 6.07. The van der Waals surface area contributed by atoms with Gasteiger partial charge in [0.2, 0.25) is 0 Å². The van der Waals surface area contributed by atoms with Crippen LogP contribution in [-0.2, 0) is 0 Å². The largest absolute Gasteiger partial charge is 0.478 e. The molecule has 2 N–H and O–H groups in total. The predicted molar refractivity (Wildman–Crippen MR) is 139 cm³/mol. The van der Waals surface area contributed by atoms with E-state index in [1.165, 1.54) is 55.9 Å². The molecule has 7 rings (SSSR count). The van der Waals surface area contributed by atoms with Gasteiger partial charge in [-0.25, -0.2) is 9.59 Å². The van der Waals surface area contributed by atoms with E-state index in [2.05, 4.69) is 36.1 Å². The first-order valence-electron chi connectivity index (χ1n) is 12.9. The van der Waals surface area contributed by atoms with Gasteiger partial charge in [0.15, 0.2) is 0 Å². The Bertz CT molecular complexity index is 1380. The van der Waals surface area contributed by atoms with Crippen LogP contribution in [-0.4, -0.2) is 22.2 Å². The molecule has 0 spiro atoms. The number of carboxylic acids is 2. The summed E-state index contributed by atoms with van der Waals surface area (Å²) in [6.45, 7) is 0. The van der Waals surface area contributed by atoms with E-state index in [1.54, 1.807) is 0 Å². The lowest BCUT2D eigenvalue weighted by atomic mass is 9.51. The molecule has 0 atom stereocenters. The molecule has 4 saturated carbocycles. The van der Waals surface area contributed by atoms with Crippen LogP contribution < -0.4 is 4.74 Å². The highest BCUT2D eigenvalue weighted by Crippen LogP contribution is 2.59. The van der Waals surface area contributed by atoms with Gasteiger partial charge in [0.1, 0.15) is 11.5 Å². The van der Waals surface area contributed by atoms with E-state index in [4.69, 9.17) is 9.84 Å². The summed E-state index contributed by atoms with van der Waals surface area (Å²) in [4.78, 5) is 22.6. The number of rotatable bonds is 5. The summed E-state index contributed by atoms with van der Waals surface area (Å²) in [5, 5.41) is 18.4. The van der Waals surface area contributed by atoms with Crippen molar-refractivity contribution in [3.63, 3.8) is 0 Å². The lowest BCUT2D eigenvalue weighted by Gasteiger charge is -2.54. The highest BCUT2D eigenvalue weighted by Gasteiger charge is 2.48. The van der Waals surface area contributed by atoms with Crippen LogP contribution in [0.3, 0.4) is 0 Å². The molecule has 0 amide bonds. The molecule has 0 saturated heterocycles. The van der Waals surface area contributed by atoms with Crippen LogP contribution in [0.2, 0.25) is 0 Å². The van der Waals surface area contributed by atoms with Gasteiger partial charge in [0, 0.05) is 11.1 Å². The van der Waals surface area contributed by atoms with Gasteiger partial charge < -0.3 is 14.9 Å². The molecule has 4 fully saturated rings. The predicted octanol–water partition coefficient (Wildman–Crippen LogP) is 6.81. The Kier molecular flexibility index (Phi) is 5.96. The summed E-state index contributed by atoms with van der Waals surface area (Å²) in [6, 6.07) is 20.1. The first kappa shape index (κ1) is 23.4. The zero-order valence-electron chi connectivity index (χ0n) is 20.4. The molecule has 4 aliphatic rings. The van der Waals surface area contributed by atoms with Crippen LogP contribution in [0.5, 0.6) is 11.5 Å². The Morgan fingerprint density at radius 1 is 0.649 bits per heavy atom. The Balaban J connectivity index is 1.11. The van der Waals surface area contributed by atoms with E-state index >= 15 is 0 Å². The number of ether oxygens (including phenoxy) is 1. The lowest BCUT2D eigenvalue weighted by molar-refractivity contribution is -0.00279. The smallest absolute Gasteiger partial charge is 0.336 e. The van der Waals surface area contributed by atoms with Gasteiger partial charge in [-0.2, -0.15) is 0 Å². The van der Waals surface area contributed by atoms with Gasteiger partial charge in [-0.3, -0.25) is 0 Å². The fraction of sp³-hybridized carbons (Fsp3) is 0.312. The Morgan fingerprint density at radius 2 is 1.16 bits per heavy atom. The van der Waals surface area contributed by atoms with E-state index in [0.29, 0.717) is 17.2 Å². The first-order chi connectivity index (χ1) is 17.9. The van der Waals surface area contributed by atoms with E-state index in [0.717, 1.165) is 35.0 Å². The van der Waals surface area contributed by atoms with Crippen LogP contribution in [0.1, 0.15) is 75.4 Å². The second-order valence-electron chi connectivity index (χ2n) is 10.8. The molecule has 5 nitrogen and oxygen atoms in total. The van der Waals surface area contributed by atoms with Gasteiger partial charge in [0.05, 0.1) is 11.1 Å². The fourth-order valence-electron chi connectivity index (χ4n) is 7.10. The fourth-order valence-corrected chi connectivity index (χ4v) is 7.10. The van der Waals surface area contributed by atoms with E-state index in [9.17, 15) is 14.7 Å². The van der Waals surface area contributed by atoms with Crippen LogP contribution in [0.4, 0.5) is 0 Å². The Labute approximate surface area is 216 Å². The number of carbonyl (C=O) groups is 2. The lowest BCUT2D eigenvalue weighted by Crippen LogP contribution is -2.43. The first-order valence-corrected chi connectivity index (χ1v) is 12.9. The van der Waals surface area contributed by atoms with Crippen LogP contribution >= 0.6 is 0 Å². The maximum absolute atomic E-state index is 11.4. The molecule has 3 aromatic carbocycles. The van der Waals surface area contributed by atoms with Crippen molar-refractivity contribution in [3.8, 4) is 23.3 Å². The highest BCUT2D eigenvalue weighted by atomic mass is 16.5. The molecular formula is C32H28O5. The minimum absolute atomic E-state index is 0.259. The number of carboxylic acid groups (broad SMARTS) is 2. The zero-order valence-corrected chi connectivity index (χ0v) is 20.4. The molecule has 186 valence electrons. The maximum Gasteiger partial charge on any atom is 0.336 e. The Morgan fingerprint density at radius 3 is 1.73 bits per heavy atom. The second-order valence-corrected chi connectivity index (χ2v) is 10.8. The summed E-state index contributed by atoms with van der Waals surface area (Å²) >= 11 is 0. The summed E-state index contributed by atoms with van der Waals surface area (Å²) in [5.74, 6) is 9.24. The molecule has 0 radical (unpaired) electrons. The van der Waals surface area contributed by atoms with Gasteiger partial charge in [-0.1, -0.05) is 24.0 Å². The van der Waals surface area contributed by atoms with Crippen molar-refractivity contribution >= 4 is 11.9 Å². The average molecular weight is 493 g/mol. The molecular weight excluding hydrogens is 464 g/mol. The zero-order chi connectivity index (χ0) is 25.5. The van der Waals surface area contributed by atoms with E-state index < -0.39 is 11.9 Å². The number of hydrogen-bond acceptors (Lipinski definition) is 3. The third-order valence-corrected chi connectivity index (χ3v) is 8.41. The van der Waals surface area contributed by atoms with Gasteiger partial charge in [-0.15, -0.1) is 0 Å². The number of aromatic carboxylic acids is 2. The van der Waals surface area contributed by atoms with E-state index in [-0.39, 0.29) is 11.1 Å². The Hall–Kier alpha value is -4.04. The molecule has 37 heavy (non-hydrogen) atoms. The second kappa shape index (κ2) is 9.44. The average Bonchev–Trinajstić information content (AvgIpc) is 2.88. The standard InChI is InChI=1S/C32H28O5/c33-31(34)28-12-5-20(18-29(28)32(35)36)2-1-19-3-8-26(9-4-19)37-27-10-6-23(7-11-27)30-24-14-21-13-22(16-24)17-25(30)15-21/h3-12,18,21-22,24-25,30H,13-17H2,(H,33,34)(H,35,36). The van der Waals surface area contributed by atoms with Crippen LogP contribution in [0, 0.1) is 35.5 Å². The van der Waals surface area contributed by atoms with Crippen molar-refractivity contribution in [2.24, 2.45) is 23.7 Å². The third kappa shape index (κ3) is 4.72. The molecule has 4 aliphatic carbocycles. The summed E-state index contributed by atoms with van der Waals surface area (Å²) in [6.07, 6.45) is 7.14. The normalized spacial score (nSPS) is 25.2. The number of hydrogen-bond donors (Lipinski definition) is 2. The molecule has 3 aromatic rings. The van der Waals surface area contributed by atoms with Crippen LogP contribution in [0.25, 0.3) is 0 Å². The quantitative estimate of drug-likeness (QED) is 0.382. The molecule has 0 aromatic heterocycles. The van der Waals surface area contributed by atoms with Gasteiger partial charge >= 0.3 is 11.9 Å². The van der Waals surface area contributed by atoms with Crippen molar-refractivity contribution in [3.05, 3.63) is 94.5 Å². The maximum atomic E-state index is 11.4. The van der Waals surface area contributed by atoms with Crippen LogP contribution in [0.15, 0.2) is 66.7 Å².